The van der Waals surface area contributed by atoms with E-state index in [9.17, 15) is 9.18 Å². The van der Waals surface area contributed by atoms with Crippen LogP contribution in [-0.2, 0) is 11.4 Å². The van der Waals surface area contributed by atoms with Gasteiger partial charge in [-0.25, -0.2) is 4.39 Å². The molecule has 8 heteroatoms. The van der Waals surface area contributed by atoms with E-state index in [0.29, 0.717) is 23.1 Å². The van der Waals surface area contributed by atoms with Crippen molar-refractivity contribution in [1.29, 1.82) is 0 Å². The van der Waals surface area contributed by atoms with Crippen LogP contribution in [-0.4, -0.2) is 22.6 Å². The molecule has 1 amide bonds. The van der Waals surface area contributed by atoms with E-state index in [4.69, 9.17) is 20.8 Å². The summed E-state index contributed by atoms with van der Waals surface area (Å²) in [4.78, 5) is 14.0. The van der Waals surface area contributed by atoms with E-state index in [-0.39, 0.29) is 36.5 Å². The quantitative estimate of drug-likeness (QED) is 0.662. The summed E-state index contributed by atoms with van der Waals surface area (Å²) in [6.07, 6.45) is 0.251. The van der Waals surface area contributed by atoms with Gasteiger partial charge in [0.1, 0.15) is 0 Å². The Morgan fingerprint density at radius 2 is 1.96 bits per heavy atom. The zero-order valence-electron chi connectivity index (χ0n) is 14.1. The van der Waals surface area contributed by atoms with Crippen molar-refractivity contribution in [3.05, 3.63) is 71.2 Å². The Morgan fingerprint density at radius 3 is 2.78 bits per heavy atom. The molecule has 1 aromatic heterocycles. The first kappa shape index (κ1) is 17.5. The number of nitrogens with zero attached hydrogens (tertiary/aromatic N) is 3. The summed E-state index contributed by atoms with van der Waals surface area (Å²) >= 11 is 6.19. The van der Waals surface area contributed by atoms with Gasteiger partial charge in [-0.1, -0.05) is 35.9 Å². The molecule has 3 aromatic rings. The lowest BCUT2D eigenvalue weighted by atomic mass is 10.1. The number of hydrogen-bond acceptors (Lipinski definition) is 5. The fourth-order valence-electron chi connectivity index (χ4n) is 2.97. The van der Waals surface area contributed by atoms with E-state index in [1.54, 1.807) is 29.2 Å². The summed E-state index contributed by atoms with van der Waals surface area (Å²) in [6.45, 7) is 0.348. The second-order valence-electron chi connectivity index (χ2n) is 6.11. The number of carbonyl (C=O) groups is 1. The molecule has 0 aliphatic carbocycles. The lowest BCUT2D eigenvalue weighted by Gasteiger charge is -2.17. The normalized spacial score (nSPS) is 16.7. The van der Waals surface area contributed by atoms with Crippen molar-refractivity contribution in [1.82, 2.24) is 10.2 Å². The molecular weight excluding hydrogens is 373 g/mol. The molecule has 6 nitrogen and oxygen atoms in total. The van der Waals surface area contributed by atoms with Crippen LogP contribution in [0.5, 0.6) is 5.75 Å². The molecule has 2 heterocycles. The number of amides is 1. The molecule has 0 bridgehead atoms. The highest BCUT2D eigenvalue weighted by molar-refractivity contribution is 6.33. The number of para-hydroxylation sites is 2. The van der Waals surface area contributed by atoms with Gasteiger partial charge in [0, 0.05) is 13.0 Å². The van der Waals surface area contributed by atoms with Crippen LogP contribution in [0.3, 0.4) is 0 Å². The number of ether oxygens (including phenoxy) is 1. The predicted molar refractivity (Wildman–Crippen MR) is 96.2 cm³/mol. The van der Waals surface area contributed by atoms with Crippen molar-refractivity contribution < 1.29 is 18.3 Å². The summed E-state index contributed by atoms with van der Waals surface area (Å²) < 4.78 is 24.5. The minimum Gasteiger partial charge on any atom is -0.481 e. The number of anilines is 1. The van der Waals surface area contributed by atoms with Crippen LogP contribution in [0, 0.1) is 5.82 Å². The maximum atomic E-state index is 13.6. The Hall–Kier alpha value is -2.93. The standard InChI is InChI=1S/C19H15ClFN3O3/c20-13-5-1-3-7-15(13)24-10-12(9-18(24)25)19-23-22-17(27-19)11-26-16-8-4-2-6-14(16)21/h1-8,12H,9-11H2. The third-order valence-corrected chi connectivity index (χ3v) is 4.61. The molecule has 0 N–H and O–H groups in total. The largest absolute Gasteiger partial charge is 0.481 e. The fraction of sp³-hybridized carbons (Fsp3) is 0.211. The summed E-state index contributed by atoms with van der Waals surface area (Å²) in [5, 5.41) is 8.45. The van der Waals surface area contributed by atoms with Crippen LogP contribution in [0.4, 0.5) is 10.1 Å². The van der Waals surface area contributed by atoms with Gasteiger partial charge in [-0.3, -0.25) is 4.79 Å². The highest BCUT2D eigenvalue weighted by Gasteiger charge is 2.35. The maximum Gasteiger partial charge on any atom is 0.253 e. The Balaban J connectivity index is 1.44. The molecule has 4 rings (SSSR count). The SMILES string of the molecule is O=C1CC(c2nnc(COc3ccccc3F)o2)CN1c1ccccc1Cl. The number of hydrogen-bond donors (Lipinski definition) is 0. The van der Waals surface area contributed by atoms with Crippen LogP contribution in [0.2, 0.25) is 5.02 Å². The van der Waals surface area contributed by atoms with Crippen molar-refractivity contribution in [2.75, 3.05) is 11.4 Å². The Labute approximate surface area is 159 Å². The fourth-order valence-corrected chi connectivity index (χ4v) is 3.21. The summed E-state index contributed by atoms with van der Waals surface area (Å²) in [7, 11) is 0. The first-order chi connectivity index (χ1) is 13.1. The number of rotatable bonds is 5. The van der Waals surface area contributed by atoms with Crippen molar-refractivity contribution in [2.45, 2.75) is 18.9 Å². The van der Waals surface area contributed by atoms with Gasteiger partial charge in [0.2, 0.25) is 11.8 Å². The highest BCUT2D eigenvalue weighted by atomic mass is 35.5. The van der Waals surface area contributed by atoms with Gasteiger partial charge in [0.25, 0.3) is 5.89 Å². The van der Waals surface area contributed by atoms with Crippen molar-refractivity contribution in [2.24, 2.45) is 0 Å². The van der Waals surface area contributed by atoms with Gasteiger partial charge in [-0.05, 0) is 24.3 Å². The van der Waals surface area contributed by atoms with Gasteiger partial charge in [0.15, 0.2) is 18.2 Å². The lowest BCUT2D eigenvalue weighted by Crippen LogP contribution is -2.24. The van der Waals surface area contributed by atoms with Crippen LogP contribution < -0.4 is 9.64 Å². The average molecular weight is 388 g/mol. The molecule has 0 spiro atoms. The van der Waals surface area contributed by atoms with Crippen molar-refractivity contribution in [3.63, 3.8) is 0 Å². The Bertz CT molecular complexity index is 978. The van der Waals surface area contributed by atoms with Crippen LogP contribution in [0.1, 0.15) is 24.1 Å². The monoisotopic (exact) mass is 387 g/mol. The van der Waals surface area contributed by atoms with E-state index in [2.05, 4.69) is 10.2 Å². The zero-order chi connectivity index (χ0) is 18.8. The Morgan fingerprint density at radius 1 is 1.19 bits per heavy atom. The topological polar surface area (TPSA) is 68.5 Å². The van der Waals surface area contributed by atoms with Gasteiger partial charge in [-0.15, -0.1) is 10.2 Å². The van der Waals surface area contributed by atoms with E-state index < -0.39 is 5.82 Å². The molecule has 1 atom stereocenters. The molecule has 1 unspecified atom stereocenters. The predicted octanol–water partition coefficient (Wildman–Crippen LogP) is 3.96. The molecule has 0 radical (unpaired) electrons. The highest BCUT2D eigenvalue weighted by Crippen LogP contribution is 2.34. The van der Waals surface area contributed by atoms with E-state index in [0.717, 1.165) is 0 Å². The molecule has 1 aliphatic rings. The van der Waals surface area contributed by atoms with Crippen LogP contribution in [0.25, 0.3) is 0 Å². The number of carbonyl (C=O) groups excluding carboxylic acids is 1. The van der Waals surface area contributed by atoms with Crippen LogP contribution >= 0.6 is 11.6 Å². The Kier molecular flexibility index (Phi) is 4.77. The number of halogens is 2. The average Bonchev–Trinajstić information content (AvgIpc) is 3.28. The van der Waals surface area contributed by atoms with E-state index in [1.165, 1.54) is 12.1 Å². The first-order valence-corrected chi connectivity index (χ1v) is 8.74. The molecule has 2 aromatic carbocycles. The first-order valence-electron chi connectivity index (χ1n) is 8.36. The molecule has 1 fully saturated rings. The third kappa shape index (κ3) is 3.64. The van der Waals surface area contributed by atoms with Gasteiger partial charge < -0.3 is 14.1 Å². The van der Waals surface area contributed by atoms with E-state index >= 15 is 0 Å². The molecule has 138 valence electrons. The number of benzene rings is 2. The zero-order valence-corrected chi connectivity index (χ0v) is 14.9. The van der Waals surface area contributed by atoms with Gasteiger partial charge >= 0.3 is 0 Å². The maximum absolute atomic E-state index is 13.6. The molecule has 1 saturated heterocycles. The summed E-state index contributed by atoms with van der Waals surface area (Å²) in [5.41, 5.74) is 0.661. The minimum atomic E-state index is -0.464. The smallest absolute Gasteiger partial charge is 0.253 e. The number of aromatic nitrogens is 2. The van der Waals surface area contributed by atoms with E-state index in [1.807, 2.05) is 12.1 Å². The lowest BCUT2D eigenvalue weighted by molar-refractivity contribution is -0.117. The molecular formula is C19H15ClFN3O3. The van der Waals surface area contributed by atoms with Crippen molar-refractivity contribution >= 4 is 23.2 Å². The van der Waals surface area contributed by atoms with Crippen LogP contribution in [0.15, 0.2) is 52.9 Å². The summed E-state index contributed by atoms with van der Waals surface area (Å²) in [5.74, 6) is -0.0759. The second-order valence-corrected chi connectivity index (χ2v) is 6.52. The molecule has 27 heavy (non-hydrogen) atoms. The third-order valence-electron chi connectivity index (χ3n) is 4.29. The van der Waals surface area contributed by atoms with Gasteiger partial charge in [0.05, 0.1) is 16.6 Å². The minimum absolute atomic E-state index is 0.0528. The molecule has 0 saturated carbocycles. The molecule has 1 aliphatic heterocycles. The summed E-state index contributed by atoms with van der Waals surface area (Å²) in [6, 6.07) is 13.2. The van der Waals surface area contributed by atoms with Gasteiger partial charge in [-0.2, -0.15) is 0 Å². The van der Waals surface area contributed by atoms with Crippen molar-refractivity contribution in [3.8, 4) is 5.75 Å². The second kappa shape index (κ2) is 7.36.